The number of nitrogens with zero attached hydrogens (tertiary/aromatic N) is 1. The third-order valence-electron chi connectivity index (χ3n) is 3.39. The molecule has 0 saturated carbocycles. The molecule has 0 aliphatic carbocycles. The third-order valence-corrected chi connectivity index (χ3v) is 3.63. The minimum absolute atomic E-state index is 0.277. The van der Waals surface area contributed by atoms with Gasteiger partial charge in [0, 0.05) is 41.4 Å². The molecule has 0 amide bonds. The summed E-state index contributed by atoms with van der Waals surface area (Å²) in [6, 6.07) is 10.8. The van der Waals surface area contributed by atoms with Crippen LogP contribution in [0.2, 0.25) is 5.02 Å². The van der Waals surface area contributed by atoms with Crippen molar-refractivity contribution in [3.8, 4) is 0 Å². The number of hydrogen-bond donors (Lipinski definition) is 2. The Hall–Kier alpha value is -2.40. The zero-order chi connectivity index (χ0) is 16.2. The second-order valence-corrected chi connectivity index (χ2v) is 5.43. The monoisotopic (exact) mass is 333 g/mol. The predicted octanol–water partition coefficient (Wildman–Crippen LogP) is 4.69. The quantitative estimate of drug-likeness (QED) is 0.665. The first-order valence-electron chi connectivity index (χ1n) is 7.10. The molecule has 0 bridgehead atoms. The number of benzene rings is 2. The molecule has 0 aliphatic heterocycles. The fourth-order valence-corrected chi connectivity index (χ4v) is 2.47. The van der Waals surface area contributed by atoms with Gasteiger partial charge >= 0.3 is 0 Å². The summed E-state index contributed by atoms with van der Waals surface area (Å²) in [4.78, 5) is 4.27. The van der Waals surface area contributed by atoms with Gasteiger partial charge in [0.15, 0.2) is 0 Å². The van der Waals surface area contributed by atoms with E-state index in [9.17, 15) is 8.78 Å². The molecular weight excluding hydrogens is 320 g/mol. The van der Waals surface area contributed by atoms with Gasteiger partial charge in [0.1, 0.15) is 11.6 Å². The average Bonchev–Trinajstić information content (AvgIpc) is 2.53. The number of hydrogen-bond acceptors (Lipinski definition) is 3. The van der Waals surface area contributed by atoms with Crippen LogP contribution < -0.4 is 10.6 Å². The molecule has 0 unspecified atom stereocenters. The number of nitrogens with one attached hydrogen (secondary N) is 2. The molecule has 2 aromatic carbocycles. The van der Waals surface area contributed by atoms with E-state index in [4.69, 9.17) is 11.6 Å². The van der Waals surface area contributed by atoms with Crippen molar-refractivity contribution in [2.45, 2.75) is 0 Å². The Kier molecular flexibility index (Phi) is 4.57. The van der Waals surface area contributed by atoms with Gasteiger partial charge in [0.05, 0.1) is 11.2 Å². The maximum absolute atomic E-state index is 13.5. The van der Waals surface area contributed by atoms with Gasteiger partial charge in [-0.2, -0.15) is 0 Å². The third kappa shape index (κ3) is 3.68. The van der Waals surface area contributed by atoms with E-state index >= 15 is 0 Å². The molecule has 0 saturated heterocycles. The van der Waals surface area contributed by atoms with Crippen LogP contribution in [0.4, 0.5) is 20.2 Å². The molecule has 0 atom stereocenters. The van der Waals surface area contributed by atoms with E-state index in [0.29, 0.717) is 18.1 Å². The smallest absolute Gasteiger partial charge is 0.149 e. The van der Waals surface area contributed by atoms with Crippen molar-refractivity contribution in [2.24, 2.45) is 0 Å². The van der Waals surface area contributed by atoms with Crippen LogP contribution in [0.1, 0.15) is 0 Å². The zero-order valence-corrected chi connectivity index (χ0v) is 12.9. The Morgan fingerprint density at radius 1 is 0.913 bits per heavy atom. The van der Waals surface area contributed by atoms with Crippen molar-refractivity contribution in [1.29, 1.82) is 0 Å². The highest BCUT2D eigenvalue weighted by molar-refractivity contribution is 6.31. The van der Waals surface area contributed by atoms with Crippen LogP contribution >= 0.6 is 11.6 Å². The fourth-order valence-electron chi connectivity index (χ4n) is 2.30. The van der Waals surface area contributed by atoms with Gasteiger partial charge in [-0.15, -0.1) is 0 Å². The lowest BCUT2D eigenvalue weighted by Crippen LogP contribution is -2.14. The molecule has 0 radical (unpaired) electrons. The molecule has 3 nitrogen and oxygen atoms in total. The van der Waals surface area contributed by atoms with Gasteiger partial charge in [-0.05, 0) is 36.4 Å². The minimum atomic E-state index is -0.603. The summed E-state index contributed by atoms with van der Waals surface area (Å²) in [5.74, 6) is -1.19. The molecule has 3 rings (SSSR count). The van der Waals surface area contributed by atoms with Crippen molar-refractivity contribution >= 4 is 33.9 Å². The largest absolute Gasteiger partial charge is 0.383 e. The normalized spacial score (nSPS) is 10.7. The van der Waals surface area contributed by atoms with Crippen LogP contribution in [0.3, 0.4) is 0 Å². The maximum atomic E-state index is 13.5. The number of rotatable bonds is 5. The minimum Gasteiger partial charge on any atom is -0.383 e. The molecule has 3 aromatic rings. The first-order chi connectivity index (χ1) is 11.1. The number of halogens is 3. The highest BCUT2D eigenvalue weighted by Crippen LogP contribution is 2.24. The van der Waals surface area contributed by atoms with E-state index in [1.165, 1.54) is 12.1 Å². The van der Waals surface area contributed by atoms with E-state index in [1.807, 2.05) is 18.2 Å². The Bertz CT molecular complexity index is 839. The average molecular weight is 334 g/mol. The summed E-state index contributed by atoms with van der Waals surface area (Å²) < 4.78 is 26.3. The molecule has 0 spiro atoms. The number of aromatic nitrogens is 1. The molecule has 1 heterocycles. The summed E-state index contributed by atoms with van der Waals surface area (Å²) in [7, 11) is 0. The van der Waals surface area contributed by atoms with Gasteiger partial charge in [-0.3, -0.25) is 4.98 Å². The van der Waals surface area contributed by atoms with Gasteiger partial charge in [-0.1, -0.05) is 11.6 Å². The Balaban J connectivity index is 1.63. The first kappa shape index (κ1) is 15.5. The van der Waals surface area contributed by atoms with E-state index in [-0.39, 0.29) is 5.69 Å². The maximum Gasteiger partial charge on any atom is 0.149 e. The molecule has 0 aliphatic rings. The van der Waals surface area contributed by atoms with Crippen molar-refractivity contribution in [3.63, 3.8) is 0 Å². The Morgan fingerprint density at radius 3 is 2.48 bits per heavy atom. The molecule has 2 N–H and O–H groups in total. The van der Waals surface area contributed by atoms with E-state index in [1.54, 1.807) is 12.3 Å². The summed E-state index contributed by atoms with van der Waals surface area (Å²) in [6.07, 6.45) is 1.70. The highest BCUT2D eigenvalue weighted by Gasteiger charge is 2.04. The van der Waals surface area contributed by atoms with E-state index in [2.05, 4.69) is 15.6 Å². The zero-order valence-electron chi connectivity index (χ0n) is 12.1. The molecule has 0 fully saturated rings. The molecule has 23 heavy (non-hydrogen) atoms. The number of fused-ring (bicyclic) bond motifs is 1. The van der Waals surface area contributed by atoms with Crippen molar-refractivity contribution in [2.75, 3.05) is 23.7 Å². The van der Waals surface area contributed by atoms with Crippen LogP contribution in [-0.2, 0) is 0 Å². The number of anilines is 2. The lowest BCUT2D eigenvalue weighted by atomic mass is 10.2. The first-order valence-corrected chi connectivity index (χ1v) is 7.48. The van der Waals surface area contributed by atoms with Crippen LogP contribution in [0.5, 0.6) is 0 Å². The topological polar surface area (TPSA) is 37.0 Å². The fraction of sp³-hybridized carbons (Fsp3) is 0.118. The number of pyridine rings is 1. The second kappa shape index (κ2) is 6.79. The highest BCUT2D eigenvalue weighted by atomic mass is 35.5. The standard InChI is InChI=1S/C17H14ClF2N3/c18-11-1-3-13-15(5-6-21-17(13)9-11)22-7-8-23-16-4-2-12(19)10-14(16)20/h1-6,9-10,23H,7-8H2,(H,21,22). The van der Waals surface area contributed by atoms with Crippen LogP contribution in [0, 0.1) is 11.6 Å². The van der Waals surface area contributed by atoms with Gasteiger partial charge < -0.3 is 10.6 Å². The predicted molar refractivity (Wildman–Crippen MR) is 90.1 cm³/mol. The Morgan fingerprint density at radius 2 is 1.70 bits per heavy atom. The summed E-state index contributed by atoms with van der Waals surface area (Å²) in [5, 5.41) is 7.79. The van der Waals surface area contributed by atoms with E-state index in [0.717, 1.165) is 22.7 Å². The molecule has 118 valence electrons. The van der Waals surface area contributed by atoms with Crippen molar-refractivity contribution < 1.29 is 8.78 Å². The van der Waals surface area contributed by atoms with Crippen molar-refractivity contribution in [3.05, 3.63) is 65.3 Å². The summed E-state index contributed by atoms with van der Waals surface area (Å²) >= 11 is 5.96. The van der Waals surface area contributed by atoms with Crippen molar-refractivity contribution in [1.82, 2.24) is 4.98 Å². The Labute approximate surface area is 137 Å². The van der Waals surface area contributed by atoms with Gasteiger partial charge in [-0.25, -0.2) is 8.78 Å². The lowest BCUT2D eigenvalue weighted by molar-refractivity contribution is 0.585. The van der Waals surface area contributed by atoms with Crippen LogP contribution in [-0.4, -0.2) is 18.1 Å². The summed E-state index contributed by atoms with van der Waals surface area (Å²) in [6.45, 7) is 1.05. The molecule has 1 aromatic heterocycles. The lowest BCUT2D eigenvalue weighted by Gasteiger charge is -2.11. The summed E-state index contributed by atoms with van der Waals surface area (Å²) in [5.41, 5.74) is 2.01. The SMILES string of the molecule is Fc1ccc(NCCNc2ccnc3cc(Cl)ccc23)c(F)c1. The van der Waals surface area contributed by atoms with Gasteiger partial charge in [0.2, 0.25) is 0 Å². The van der Waals surface area contributed by atoms with Crippen LogP contribution in [0.15, 0.2) is 48.7 Å². The van der Waals surface area contributed by atoms with E-state index < -0.39 is 11.6 Å². The second-order valence-electron chi connectivity index (χ2n) is 5.00. The van der Waals surface area contributed by atoms with Crippen LogP contribution in [0.25, 0.3) is 10.9 Å². The molecular formula is C17H14ClF2N3. The molecule has 6 heteroatoms. The van der Waals surface area contributed by atoms with Gasteiger partial charge in [0.25, 0.3) is 0 Å².